The first-order valence-electron chi connectivity index (χ1n) is 7.09. The summed E-state index contributed by atoms with van der Waals surface area (Å²) in [5, 5.41) is 9.85. The Balaban J connectivity index is 1.76. The summed E-state index contributed by atoms with van der Waals surface area (Å²) in [4.78, 5) is 2.38. The molecule has 3 rings (SSSR count). The number of aliphatic hydroxyl groups is 1. The van der Waals surface area contributed by atoms with Crippen LogP contribution in [0.15, 0.2) is 18.2 Å². The van der Waals surface area contributed by atoms with E-state index >= 15 is 0 Å². The Hall–Kier alpha value is -1.26. The van der Waals surface area contributed by atoms with Gasteiger partial charge in [-0.25, -0.2) is 0 Å². The maximum absolute atomic E-state index is 9.85. The maximum atomic E-state index is 9.85. The first-order chi connectivity index (χ1) is 9.28. The van der Waals surface area contributed by atoms with Crippen LogP contribution in [0.5, 0.6) is 11.5 Å². The maximum Gasteiger partial charge on any atom is 0.231 e. The van der Waals surface area contributed by atoms with Gasteiger partial charge in [0.05, 0.1) is 6.10 Å². The number of hydrogen-bond donors (Lipinski definition) is 1. The van der Waals surface area contributed by atoms with Crippen molar-refractivity contribution in [1.29, 1.82) is 0 Å². The number of fused-ring (bicyclic) bond motifs is 1. The van der Waals surface area contributed by atoms with Gasteiger partial charge >= 0.3 is 0 Å². The van der Waals surface area contributed by atoms with Gasteiger partial charge in [0.25, 0.3) is 0 Å². The molecule has 104 valence electrons. The molecule has 0 aromatic heterocycles. The Morgan fingerprint density at radius 2 is 2.21 bits per heavy atom. The van der Waals surface area contributed by atoms with Gasteiger partial charge in [-0.3, -0.25) is 4.90 Å². The second-order valence-corrected chi connectivity index (χ2v) is 5.33. The molecule has 1 unspecified atom stereocenters. The molecule has 2 aliphatic heterocycles. The molecule has 0 spiro atoms. The first-order valence-corrected chi connectivity index (χ1v) is 7.09. The lowest BCUT2D eigenvalue weighted by molar-refractivity contribution is 0.103. The molecule has 1 fully saturated rings. The van der Waals surface area contributed by atoms with Crippen molar-refractivity contribution >= 4 is 0 Å². The van der Waals surface area contributed by atoms with E-state index in [0.29, 0.717) is 12.8 Å². The highest BCUT2D eigenvalue weighted by Gasteiger charge is 2.28. The molecule has 19 heavy (non-hydrogen) atoms. The highest BCUT2D eigenvalue weighted by Crippen LogP contribution is 2.38. The van der Waals surface area contributed by atoms with Gasteiger partial charge in [-0.1, -0.05) is 13.0 Å². The van der Waals surface area contributed by atoms with Crippen LogP contribution in [0.25, 0.3) is 0 Å². The zero-order chi connectivity index (χ0) is 13.2. The van der Waals surface area contributed by atoms with Crippen molar-refractivity contribution in [1.82, 2.24) is 4.90 Å². The third kappa shape index (κ3) is 2.55. The third-order valence-corrected chi connectivity index (χ3v) is 4.06. The van der Waals surface area contributed by atoms with Crippen molar-refractivity contribution in [3.05, 3.63) is 23.8 Å². The SMILES string of the molecule is CC[C@@H](O)CN1CCCC1c1ccc2c(c1)OCO2. The molecule has 0 radical (unpaired) electrons. The Morgan fingerprint density at radius 1 is 1.37 bits per heavy atom. The average Bonchev–Trinajstić information content (AvgIpc) is 3.05. The van der Waals surface area contributed by atoms with Crippen LogP contribution in [-0.4, -0.2) is 36.0 Å². The van der Waals surface area contributed by atoms with Crippen molar-refractivity contribution in [3.8, 4) is 11.5 Å². The van der Waals surface area contributed by atoms with Crippen molar-refractivity contribution in [2.45, 2.75) is 38.3 Å². The van der Waals surface area contributed by atoms with Gasteiger partial charge in [-0.05, 0) is 43.5 Å². The van der Waals surface area contributed by atoms with Gasteiger partial charge in [0.15, 0.2) is 11.5 Å². The summed E-state index contributed by atoms with van der Waals surface area (Å²) in [5.74, 6) is 1.68. The normalized spacial score (nSPS) is 23.8. The van der Waals surface area contributed by atoms with E-state index in [-0.39, 0.29) is 6.10 Å². The van der Waals surface area contributed by atoms with Crippen LogP contribution >= 0.6 is 0 Å². The predicted molar refractivity (Wildman–Crippen MR) is 72.4 cm³/mol. The number of nitrogens with zero attached hydrogens (tertiary/aromatic N) is 1. The van der Waals surface area contributed by atoms with E-state index in [1.807, 2.05) is 13.0 Å². The van der Waals surface area contributed by atoms with Gasteiger partial charge < -0.3 is 14.6 Å². The average molecular weight is 263 g/mol. The van der Waals surface area contributed by atoms with Gasteiger partial charge in [0, 0.05) is 12.6 Å². The molecule has 4 nitrogen and oxygen atoms in total. The molecule has 1 N–H and O–H groups in total. The largest absolute Gasteiger partial charge is 0.454 e. The Kier molecular flexibility index (Phi) is 3.62. The van der Waals surface area contributed by atoms with E-state index < -0.39 is 0 Å². The third-order valence-electron chi connectivity index (χ3n) is 4.06. The Morgan fingerprint density at radius 3 is 3.05 bits per heavy atom. The molecular weight excluding hydrogens is 242 g/mol. The summed E-state index contributed by atoms with van der Waals surface area (Å²) < 4.78 is 10.8. The molecule has 2 heterocycles. The van der Waals surface area contributed by atoms with Gasteiger partial charge in [-0.15, -0.1) is 0 Å². The first kappa shape index (κ1) is 12.8. The molecule has 1 aromatic rings. The fourth-order valence-electron chi connectivity index (χ4n) is 2.94. The minimum Gasteiger partial charge on any atom is -0.454 e. The number of rotatable bonds is 4. The summed E-state index contributed by atoms with van der Waals surface area (Å²) in [6.07, 6.45) is 2.92. The molecule has 0 bridgehead atoms. The van der Waals surface area contributed by atoms with Gasteiger partial charge in [0.2, 0.25) is 6.79 Å². The lowest BCUT2D eigenvalue weighted by Crippen LogP contribution is -2.31. The lowest BCUT2D eigenvalue weighted by Gasteiger charge is -2.26. The fraction of sp³-hybridized carbons (Fsp3) is 0.600. The van der Waals surface area contributed by atoms with Crippen molar-refractivity contribution in [2.24, 2.45) is 0 Å². The summed E-state index contributed by atoms with van der Waals surface area (Å²) >= 11 is 0. The van der Waals surface area contributed by atoms with Crippen molar-refractivity contribution < 1.29 is 14.6 Å². The van der Waals surface area contributed by atoms with Gasteiger partial charge in [-0.2, -0.15) is 0 Å². The summed E-state index contributed by atoms with van der Waals surface area (Å²) in [6.45, 7) is 4.17. The van der Waals surface area contributed by atoms with Crippen LogP contribution in [0.1, 0.15) is 37.8 Å². The summed E-state index contributed by atoms with van der Waals surface area (Å²) in [5.41, 5.74) is 1.27. The molecule has 2 atom stereocenters. The number of aliphatic hydroxyl groups excluding tert-OH is 1. The number of hydrogen-bond acceptors (Lipinski definition) is 4. The van der Waals surface area contributed by atoms with Crippen molar-refractivity contribution in [3.63, 3.8) is 0 Å². The zero-order valence-electron chi connectivity index (χ0n) is 11.3. The second kappa shape index (κ2) is 5.39. The Bertz CT molecular complexity index is 449. The summed E-state index contributed by atoms with van der Waals surface area (Å²) in [6, 6.07) is 6.60. The summed E-state index contributed by atoms with van der Waals surface area (Å²) in [7, 11) is 0. The second-order valence-electron chi connectivity index (χ2n) is 5.33. The topological polar surface area (TPSA) is 41.9 Å². The van der Waals surface area contributed by atoms with Crippen LogP contribution in [-0.2, 0) is 0 Å². The van der Waals surface area contributed by atoms with Crippen LogP contribution in [0, 0.1) is 0 Å². The lowest BCUT2D eigenvalue weighted by atomic mass is 10.0. The highest BCUT2D eigenvalue weighted by molar-refractivity contribution is 5.45. The Labute approximate surface area is 113 Å². The highest BCUT2D eigenvalue weighted by atomic mass is 16.7. The quantitative estimate of drug-likeness (QED) is 0.905. The molecule has 0 saturated carbocycles. The molecular formula is C15H21NO3. The van der Waals surface area contributed by atoms with E-state index in [4.69, 9.17) is 9.47 Å². The minimum absolute atomic E-state index is 0.227. The van der Waals surface area contributed by atoms with E-state index in [1.54, 1.807) is 0 Å². The van der Waals surface area contributed by atoms with Crippen LogP contribution in [0.4, 0.5) is 0 Å². The van der Waals surface area contributed by atoms with E-state index in [1.165, 1.54) is 12.0 Å². The van der Waals surface area contributed by atoms with Crippen LogP contribution in [0.2, 0.25) is 0 Å². The molecule has 4 heteroatoms. The van der Waals surface area contributed by atoms with Crippen molar-refractivity contribution in [2.75, 3.05) is 19.9 Å². The number of likely N-dealkylation sites (tertiary alicyclic amines) is 1. The molecule has 2 aliphatic rings. The minimum atomic E-state index is -0.227. The molecule has 1 aromatic carbocycles. The fourth-order valence-corrected chi connectivity index (χ4v) is 2.94. The van der Waals surface area contributed by atoms with Crippen LogP contribution in [0.3, 0.4) is 0 Å². The molecule has 0 aliphatic carbocycles. The van der Waals surface area contributed by atoms with E-state index in [2.05, 4.69) is 17.0 Å². The monoisotopic (exact) mass is 263 g/mol. The smallest absolute Gasteiger partial charge is 0.231 e. The van der Waals surface area contributed by atoms with Crippen LogP contribution < -0.4 is 9.47 Å². The number of benzene rings is 1. The van der Waals surface area contributed by atoms with E-state index in [9.17, 15) is 5.11 Å². The molecule has 1 saturated heterocycles. The standard InChI is InChI=1S/C15H21NO3/c1-2-12(17)9-16-7-3-4-13(16)11-5-6-14-15(8-11)19-10-18-14/h5-6,8,12-13,17H,2-4,7,9-10H2,1H3/t12-,13?/m1/s1. The van der Waals surface area contributed by atoms with E-state index in [0.717, 1.165) is 37.4 Å². The number of β-amino-alcohol motifs (C(OH)–C–C–N with tert-alkyl or cyclic N) is 1. The number of ether oxygens (including phenoxy) is 2. The predicted octanol–water partition coefficient (Wildman–Crippen LogP) is 2.32. The zero-order valence-corrected chi connectivity index (χ0v) is 11.3. The van der Waals surface area contributed by atoms with Gasteiger partial charge in [0.1, 0.15) is 0 Å². The molecule has 0 amide bonds.